The van der Waals surface area contributed by atoms with Crippen molar-refractivity contribution in [3.63, 3.8) is 0 Å². The maximum atomic E-state index is 3.43. The van der Waals surface area contributed by atoms with E-state index in [-0.39, 0.29) is 0 Å². The molecule has 0 aromatic heterocycles. The molecule has 0 aliphatic carbocycles. The SMILES string of the molecule is C/C=C/CNC(C)CCN(C)C. The highest BCUT2D eigenvalue weighted by Gasteiger charge is 1.99. The van der Waals surface area contributed by atoms with E-state index in [1.807, 2.05) is 6.92 Å². The van der Waals surface area contributed by atoms with Crippen molar-refractivity contribution < 1.29 is 0 Å². The van der Waals surface area contributed by atoms with Gasteiger partial charge in [0.1, 0.15) is 0 Å². The minimum Gasteiger partial charge on any atom is -0.311 e. The van der Waals surface area contributed by atoms with Gasteiger partial charge in [0.05, 0.1) is 0 Å². The van der Waals surface area contributed by atoms with Gasteiger partial charge in [0.25, 0.3) is 0 Å². The smallest absolute Gasteiger partial charge is 0.0137 e. The van der Waals surface area contributed by atoms with Crippen molar-refractivity contribution >= 4 is 0 Å². The Hall–Kier alpha value is -0.340. The van der Waals surface area contributed by atoms with E-state index in [1.54, 1.807) is 0 Å². The number of nitrogens with zero attached hydrogens (tertiary/aromatic N) is 1. The molecule has 0 radical (unpaired) electrons. The van der Waals surface area contributed by atoms with Crippen LogP contribution in [0.4, 0.5) is 0 Å². The van der Waals surface area contributed by atoms with Gasteiger partial charge in [-0.15, -0.1) is 0 Å². The summed E-state index contributed by atoms with van der Waals surface area (Å²) in [5.74, 6) is 0. The summed E-state index contributed by atoms with van der Waals surface area (Å²) in [6, 6.07) is 0.614. The first kappa shape index (κ1) is 11.7. The van der Waals surface area contributed by atoms with Crippen LogP contribution in [0.15, 0.2) is 12.2 Å². The summed E-state index contributed by atoms with van der Waals surface area (Å²) in [4.78, 5) is 2.22. The lowest BCUT2D eigenvalue weighted by atomic mass is 10.2. The highest BCUT2D eigenvalue weighted by Crippen LogP contribution is 1.91. The van der Waals surface area contributed by atoms with E-state index in [0.29, 0.717) is 6.04 Å². The van der Waals surface area contributed by atoms with Gasteiger partial charge in [0, 0.05) is 12.6 Å². The lowest BCUT2D eigenvalue weighted by Gasteiger charge is -2.15. The Balaban J connectivity index is 3.27. The van der Waals surface area contributed by atoms with Crippen LogP contribution in [0, 0.1) is 0 Å². The van der Waals surface area contributed by atoms with Crippen LogP contribution >= 0.6 is 0 Å². The fourth-order valence-corrected chi connectivity index (χ4v) is 0.941. The van der Waals surface area contributed by atoms with Crippen molar-refractivity contribution in [1.29, 1.82) is 0 Å². The van der Waals surface area contributed by atoms with Gasteiger partial charge >= 0.3 is 0 Å². The van der Waals surface area contributed by atoms with Crippen LogP contribution in [0.5, 0.6) is 0 Å². The van der Waals surface area contributed by atoms with Crippen LogP contribution in [0.25, 0.3) is 0 Å². The summed E-state index contributed by atoms with van der Waals surface area (Å²) in [7, 11) is 4.22. The number of rotatable bonds is 6. The number of nitrogens with one attached hydrogen (secondary N) is 1. The maximum absolute atomic E-state index is 3.43. The number of hydrogen-bond acceptors (Lipinski definition) is 2. The predicted octanol–water partition coefficient (Wildman–Crippen LogP) is 1.49. The average Bonchev–Trinajstić information content (AvgIpc) is 2.01. The first-order chi connectivity index (χ1) is 5.66. The minimum atomic E-state index is 0.614. The third-order valence-electron chi connectivity index (χ3n) is 1.83. The zero-order valence-electron chi connectivity index (χ0n) is 8.80. The van der Waals surface area contributed by atoms with Crippen LogP contribution in [0.1, 0.15) is 20.3 Å². The number of allylic oxidation sites excluding steroid dienone is 1. The Morgan fingerprint density at radius 1 is 1.42 bits per heavy atom. The molecular weight excluding hydrogens is 148 g/mol. The predicted molar refractivity (Wildman–Crippen MR) is 55.4 cm³/mol. The Kier molecular flexibility index (Phi) is 7.11. The topological polar surface area (TPSA) is 15.3 Å². The summed E-state index contributed by atoms with van der Waals surface area (Å²) in [6.45, 7) is 6.42. The third-order valence-corrected chi connectivity index (χ3v) is 1.83. The molecule has 1 atom stereocenters. The summed E-state index contributed by atoms with van der Waals surface area (Å²) in [6.07, 6.45) is 5.43. The molecule has 12 heavy (non-hydrogen) atoms. The van der Waals surface area contributed by atoms with Gasteiger partial charge in [0.15, 0.2) is 0 Å². The second-order valence-corrected chi connectivity index (χ2v) is 3.47. The Bertz CT molecular complexity index is 119. The molecule has 0 aromatic rings. The quantitative estimate of drug-likeness (QED) is 0.608. The van der Waals surface area contributed by atoms with Gasteiger partial charge in [-0.1, -0.05) is 12.2 Å². The lowest BCUT2D eigenvalue weighted by molar-refractivity contribution is 0.370. The van der Waals surface area contributed by atoms with Crippen LogP contribution in [0.2, 0.25) is 0 Å². The summed E-state index contributed by atoms with van der Waals surface area (Å²) >= 11 is 0. The molecule has 0 aromatic carbocycles. The van der Waals surface area contributed by atoms with Crippen molar-refractivity contribution in [1.82, 2.24) is 10.2 Å². The van der Waals surface area contributed by atoms with E-state index in [9.17, 15) is 0 Å². The fourth-order valence-electron chi connectivity index (χ4n) is 0.941. The zero-order chi connectivity index (χ0) is 9.40. The molecular formula is C10H22N2. The zero-order valence-corrected chi connectivity index (χ0v) is 8.80. The monoisotopic (exact) mass is 170 g/mol. The average molecular weight is 170 g/mol. The van der Waals surface area contributed by atoms with Crippen LogP contribution in [-0.2, 0) is 0 Å². The van der Waals surface area contributed by atoms with Crippen LogP contribution in [0.3, 0.4) is 0 Å². The Morgan fingerprint density at radius 3 is 2.58 bits per heavy atom. The Morgan fingerprint density at radius 2 is 2.08 bits per heavy atom. The summed E-state index contributed by atoms with van der Waals surface area (Å²) < 4.78 is 0. The molecule has 0 saturated heterocycles. The molecule has 2 nitrogen and oxygen atoms in total. The van der Waals surface area contributed by atoms with Gasteiger partial charge in [-0.3, -0.25) is 0 Å². The standard InChI is InChI=1S/C10H22N2/c1-5-6-8-11-10(2)7-9-12(3)4/h5-6,10-11H,7-9H2,1-4H3/b6-5+. The molecule has 0 heterocycles. The van der Waals surface area contributed by atoms with E-state index in [2.05, 4.69) is 43.4 Å². The first-order valence-corrected chi connectivity index (χ1v) is 4.66. The highest BCUT2D eigenvalue weighted by atomic mass is 15.1. The number of hydrogen-bond donors (Lipinski definition) is 1. The summed E-state index contributed by atoms with van der Waals surface area (Å²) in [5, 5.41) is 3.43. The second kappa shape index (κ2) is 7.32. The van der Waals surface area contributed by atoms with Crippen molar-refractivity contribution in [2.75, 3.05) is 27.2 Å². The van der Waals surface area contributed by atoms with Crippen LogP contribution < -0.4 is 5.32 Å². The second-order valence-electron chi connectivity index (χ2n) is 3.47. The van der Waals surface area contributed by atoms with Crippen molar-refractivity contribution in [3.8, 4) is 0 Å². The van der Waals surface area contributed by atoms with Gasteiger partial charge in [0.2, 0.25) is 0 Å². The van der Waals surface area contributed by atoms with Gasteiger partial charge in [-0.25, -0.2) is 0 Å². The molecule has 0 saturated carbocycles. The maximum Gasteiger partial charge on any atom is 0.0137 e. The molecule has 1 N–H and O–H groups in total. The molecule has 0 aliphatic heterocycles. The largest absolute Gasteiger partial charge is 0.311 e. The molecule has 0 fully saturated rings. The Labute approximate surface area is 76.6 Å². The van der Waals surface area contributed by atoms with Crippen molar-refractivity contribution in [2.45, 2.75) is 26.3 Å². The fraction of sp³-hybridized carbons (Fsp3) is 0.800. The van der Waals surface area contributed by atoms with Gasteiger partial charge in [-0.2, -0.15) is 0 Å². The van der Waals surface area contributed by atoms with E-state index < -0.39 is 0 Å². The van der Waals surface area contributed by atoms with E-state index in [4.69, 9.17) is 0 Å². The van der Waals surface area contributed by atoms with E-state index in [1.165, 1.54) is 6.42 Å². The first-order valence-electron chi connectivity index (χ1n) is 4.66. The molecule has 0 rings (SSSR count). The molecule has 0 spiro atoms. The molecule has 0 aliphatic rings. The molecule has 0 bridgehead atoms. The third kappa shape index (κ3) is 7.76. The summed E-state index contributed by atoms with van der Waals surface area (Å²) in [5.41, 5.74) is 0. The van der Waals surface area contributed by atoms with Crippen molar-refractivity contribution in [3.05, 3.63) is 12.2 Å². The molecule has 72 valence electrons. The van der Waals surface area contributed by atoms with E-state index in [0.717, 1.165) is 13.1 Å². The van der Waals surface area contributed by atoms with Crippen LogP contribution in [-0.4, -0.2) is 38.1 Å². The van der Waals surface area contributed by atoms with Gasteiger partial charge < -0.3 is 10.2 Å². The highest BCUT2D eigenvalue weighted by molar-refractivity contribution is 4.80. The molecule has 1 unspecified atom stereocenters. The normalized spacial score (nSPS) is 14.4. The molecule has 2 heteroatoms. The van der Waals surface area contributed by atoms with Crippen molar-refractivity contribution in [2.24, 2.45) is 0 Å². The minimum absolute atomic E-state index is 0.614. The molecule has 0 amide bonds. The lowest BCUT2D eigenvalue weighted by Crippen LogP contribution is -2.29. The van der Waals surface area contributed by atoms with Gasteiger partial charge in [-0.05, 0) is 40.9 Å². The van der Waals surface area contributed by atoms with E-state index >= 15 is 0 Å².